The van der Waals surface area contributed by atoms with Gasteiger partial charge in [-0.05, 0) is 5.56 Å². The van der Waals surface area contributed by atoms with Crippen LogP contribution in [0.5, 0.6) is 0 Å². The van der Waals surface area contributed by atoms with E-state index >= 15 is 0 Å². The summed E-state index contributed by atoms with van der Waals surface area (Å²) in [7, 11) is 2.08. The normalized spacial score (nSPS) is 14.0. The standard InChI is InChI=1S/C17H21NO8/c1-9(11(16(23)25-2)17(24)26-3)12(15(21)22)18-14(20)13(19)10-7-5-4-6-8-10/h4-9,11-13,19H,1-3H3,(H,18,20)(H,21,22)/t9-,12+,13+/m1/s1. The van der Waals surface area contributed by atoms with Crippen molar-refractivity contribution >= 4 is 23.8 Å². The molecule has 142 valence electrons. The monoisotopic (exact) mass is 367 g/mol. The Kier molecular flexibility index (Phi) is 7.73. The largest absolute Gasteiger partial charge is 0.480 e. The Morgan fingerprint density at radius 3 is 1.92 bits per heavy atom. The van der Waals surface area contributed by atoms with Gasteiger partial charge in [0.05, 0.1) is 14.2 Å². The van der Waals surface area contributed by atoms with Crippen LogP contribution in [-0.2, 0) is 28.7 Å². The lowest BCUT2D eigenvalue weighted by Gasteiger charge is -2.26. The number of benzene rings is 1. The predicted octanol–water partition coefficient (Wildman–Crippen LogP) is -0.112. The number of aliphatic carboxylic acids is 1. The first-order chi connectivity index (χ1) is 12.2. The second-order valence-corrected chi connectivity index (χ2v) is 5.52. The third-order valence-electron chi connectivity index (χ3n) is 3.89. The van der Waals surface area contributed by atoms with Crippen molar-refractivity contribution in [2.45, 2.75) is 19.1 Å². The molecule has 0 bridgehead atoms. The smallest absolute Gasteiger partial charge is 0.326 e. The van der Waals surface area contributed by atoms with Crippen LogP contribution in [0.1, 0.15) is 18.6 Å². The Balaban J connectivity index is 3.03. The van der Waals surface area contributed by atoms with Crippen molar-refractivity contribution < 1.29 is 38.9 Å². The Hall–Kier alpha value is -2.94. The van der Waals surface area contributed by atoms with Crippen molar-refractivity contribution in [3.8, 4) is 0 Å². The number of carbonyl (C=O) groups is 4. The summed E-state index contributed by atoms with van der Waals surface area (Å²) < 4.78 is 9.03. The van der Waals surface area contributed by atoms with E-state index in [-0.39, 0.29) is 5.56 Å². The number of carbonyl (C=O) groups excluding carboxylic acids is 3. The molecule has 0 aromatic heterocycles. The van der Waals surface area contributed by atoms with Crippen molar-refractivity contribution in [1.29, 1.82) is 0 Å². The number of ether oxygens (including phenoxy) is 2. The minimum Gasteiger partial charge on any atom is -0.480 e. The lowest BCUT2D eigenvalue weighted by molar-refractivity contribution is -0.163. The molecule has 9 heteroatoms. The highest BCUT2D eigenvalue weighted by atomic mass is 16.5. The van der Waals surface area contributed by atoms with Gasteiger partial charge >= 0.3 is 17.9 Å². The first kappa shape index (κ1) is 21.1. The summed E-state index contributed by atoms with van der Waals surface area (Å²) in [6, 6.07) is 6.25. The number of aliphatic hydroxyl groups excluding tert-OH is 1. The first-order valence-electron chi connectivity index (χ1n) is 7.66. The molecule has 0 aliphatic heterocycles. The molecule has 9 nitrogen and oxygen atoms in total. The van der Waals surface area contributed by atoms with E-state index in [9.17, 15) is 29.4 Å². The van der Waals surface area contributed by atoms with E-state index in [1.165, 1.54) is 19.1 Å². The Morgan fingerprint density at radius 2 is 1.50 bits per heavy atom. The fourth-order valence-corrected chi connectivity index (χ4v) is 2.41. The molecule has 0 aliphatic rings. The van der Waals surface area contributed by atoms with Crippen molar-refractivity contribution in [3.63, 3.8) is 0 Å². The van der Waals surface area contributed by atoms with E-state index in [4.69, 9.17) is 0 Å². The quantitative estimate of drug-likeness (QED) is 0.427. The van der Waals surface area contributed by atoms with E-state index in [2.05, 4.69) is 14.8 Å². The molecule has 0 spiro atoms. The summed E-state index contributed by atoms with van der Waals surface area (Å²) in [6.45, 7) is 1.28. The van der Waals surface area contributed by atoms with Gasteiger partial charge in [-0.1, -0.05) is 37.3 Å². The third-order valence-corrected chi connectivity index (χ3v) is 3.89. The molecular formula is C17H21NO8. The molecule has 3 atom stereocenters. The highest BCUT2D eigenvalue weighted by Crippen LogP contribution is 2.21. The number of hydrogen-bond donors (Lipinski definition) is 3. The summed E-state index contributed by atoms with van der Waals surface area (Å²) in [5, 5.41) is 21.6. The van der Waals surface area contributed by atoms with Gasteiger partial charge in [0.25, 0.3) is 5.91 Å². The summed E-state index contributed by atoms with van der Waals surface area (Å²) in [4.78, 5) is 47.5. The summed E-state index contributed by atoms with van der Waals surface area (Å²) in [5.41, 5.74) is 0.263. The number of aliphatic hydroxyl groups is 1. The average molecular weight is 367 g/mol. The Labute approximate surface area is 149 Å². The first-order valence-corrected chi connectivity index (χ1v) is 7.66. The minimum absolute atomic E-state index is 0.263. The molecule has 1 aromatic rings. The number of rotatable bonds is 8. The number of esters is 2. The summed E-state index contributed by atoms with van der Waals surface area (Å²) >= 11 is 0. The van der Waals surface area contributed by atoms with Gasteiger partial charge in [0.1, 0.15) is 6.04 Å². The van der Waals surface area contributed by atoms with Crippen LogP contribution in [0.3, 0.4) is 0 Å². The van der Waals surface area contributed by atoms with Crippen LogP contribution in [0, 0.1) is 11.8 Å². The number of carboxylic acid groups (broad SMARTS) is 1. The Bertz CT molecular complexity index is 644. The van der Waals surface area contributed by atoms with E-state index < -0.39 is 47.8 Å². The molecule has 1 aromatic carbocycles. The lowest BCUT2D eigenvalue weighted by atomic mass is 9.87. The van der Waals surface area contributed by atoms with Crippen LogP contribution in [0.2, 0.25) is 0 Å². The molecule has 0 aliphatic carbocycles. The van der Waals surface area contributed by atoms with Crippen molar-refractivity contribution in [3.05, 3.63) is 35.9 Å². The average Bonchev–Trinajstić information content (AvgIpc) is 2.65. The van der Waals surface area contributed by atoms with E-state index in [0.29, 0.717) is 0 Å². The van der Waals surface area contributed by atoms with Gasteiger partial charge in [-0.3, -0.25) is 14.4 Å². The fraction of sp³-hybridized carbons (Fsp3) is 0.412. The molecule has 0 saturated carbocycles. The van der Waals surface area contributed by atoms with Gasteiger partial charge in [-0.25, -0.2) is 4.79 Å². The van der Waals surface area contributed by atoms with Crippen molar-refractivity contribution in [1.82, 2.24) is 5.32 Å². The van der Waals surface area contributed by atoms with E-state index in [1.54, 1.807) is 18.2 Å². The summed E-state index contributed by atoms with van der Waals surface area (Å²) in [5.74, 6) is -7.20. The van der Waals surface area contributed by atoms with Gasteiger partial charge in [-0.15, -0.1) is 0 Å². The molecule has 1 amide bonds. The molecule has 0 radical (unpaired) electrons. The van der Waals surface area contributed by atoms with Crippen molar-refractivity contribution in [2.24, 2.45) is 11.8 Å². The van der Waals surface area contributed by atoms with Gasteiger partial charge in [0, 0.05) is 5.92 Å². The molecular weight excluding hydrogens is 346 g/mol. The zero-order valence-electron chi connectivity index (χ0n) is 14.5. The molecule has 0 saturated heterocycles. The molecule has 26 heavy (non-hydrogen) atoms. The van der Waals surface area contributed by atoms with Crippen LogP contribution in [0.4, 0.5) is 0 Å². The van der Waals surface area contributed by atoms with Crippen LogP contribution in [0.15, 0.2) is 30.3 Å². The fourth-order valence-electron chi connectivity index (χ4n) is 2.41. The zero-order valence-corrected chi connectivity index (χ0v) is 14.5. The molecule has 0 heterocycles. The lowest BCUT2D eigenvalue weighted by Crippen LogP contribution is -2.51. The number of carboxylic acids is 1. The van der Waals surface area contributed by atoms with Gasteiger partial charge in [0.2, 0.25) is 0 Å². The maximum atomic E-state index is 12.2. The van der Waals surface area contributed by atoms with E-state index in [0.717, 1.165) is 14.2 Å². The van der Waals surface area contributed by atoms with Gasteiger partial charge in [-0.2, -0.15) is 0 Å². The molecule has 0 unspecified atom stereocenters. The maximum absolute atomic E-state index is 12.2. The van der Waals surface area contributed by atoms with Crippen LogP contribution in [-0.4, -0.2) is 54.3 Å². The van der Waals surface area contributed by atoms with Crippen LogP contribution < -0.4 is 5.32 Å². The van der Waals surface area contributed by atoms with Crippen LogP contribution in [0.25, 0.3) is 0 Å². The van der Waals surface area contributed by atoms with Crippen molar-refractivity contribution in [2.75, 3.05) is 14.2 Å². The number of nitrogens with one attached hydrogen (secondary N) is 1. The molecule has 1 rings (SSSR count). The van der Waals surface area contributed by atoms with Gasteiger partial charge < -0.3 is 25.0 Å². The molecule has 3 N–H and O–H groups in total. The predicted molar refractivity (Wildman–Crippen MR) is 87.7 cm³/mol. The zero-order chi connectivity index (χ0) is 19.9. The van der Waals surface area contributed by atoms with E-state index in [1.807, 2.05) is 0 Å². The SMILES string of the molecule is COC(=O)C(C(=O)OC)[C@@H](C)[C@H](NC(=O)[C@@H](O)c1ccccc1)C(=O)O. The summed E-state index contributed by atoms with van der Waals surface area (Å²) in [6.07, 6.45) is -1.61. The number of amides is 1. The second kappa shape index (κ2) is 9.52. The topological polar surface area (TPSA) is 139 Å². The third kappa shape index (κ3) is 5.03. The highest BCUT2D eigenvalue weighted by molar-refractivity contribution is 5.96. The Morgan fingerprint density at radius 1 is 1.00 bits per heavy atom. The van der Waals surface area contributed by atoms with Crippen LogP contribution >= 0.6 is 0 Å². The van der Waals surface area contributed by atoms with Gasteiger partial charge in [0.15, 0.2) is 12.0 Å². The number of hydrogen-bond acceptors (Lipinski definition) is 7. The minimum atomic E-state index is -1.64. The molecule has 0 fully saturated rings. The maximum Gasteiger partial charge on any atom is 0.326 e. The highest BCUT2D eigenvalue weighted by Gasteiger charge is 2.42. The number of methoxy groups -OCH3 is 2. The second-order valence-electron chi connectivity index (χ2n) is 5.52.